The number of fused-ring (bicyclic) bond motifs is 1. The first-order valence-electron chi connectivity index (χ1n) is 13.5. The van der Waals surface area contributed by atoms with E-state index in [1.54, 1.807) is 0 Å². The van der Waals surface area contributed by atoms with E-state index in [1.807, 2.05) is 12.1 Å². The molecule has 1 amide bonds. The maximum atomic E-state index is 13.2. The number of ether oxygens (including phenoxy) is 1. The zero-order chi connectivity index (χ0) is 25.8. The van der Waals surface area contributed by atoms with Gasteiger partial charge in [0.1, 0.15) is 0 Å². The monoisotopic (exact) mass is 494 g/mol. The van der Waals surface area contributed by atoms with Gasteiger partial charge in [-0.05, 0) is 112 Å². The highest BCUT2D eigenvalue weighted by molar-refractivity contribution is 6.07. The third kappa shape index (κ3) is 6.38. The molecular weight excluding hydrogens is 456 g/mol. The zero-order valence-corrected chi connectivity index (χ0v) is 22.3. The van der Waals surface area contributed by atoms with Crippen molar-refractivity contribution in [2.24, 2.45) is 0 Å². The van der Waals surface area contributed by atoms with Crippen molar-refractivity contribution in [1.82, 2.24) is 4.90 Å². The summed E-state index contributed by atoms with van der Waals surface area (Å²) in [7, 11) is 4.30. The first kappa shape index (κ1) is 25.4. The lowest BCUT2D eigenvalue weighted by atomic mass is 9.97. The van der Waals surface area contributed by atoms with Crippen molar-refractivity contribution in [2.75, 3.05) is 26.0 Å². The molecule has 1 fully saturated rings. The second kappa shape index (κ2) is 11.5. The molecule has 1 heterocycles. The first-order valence-corrected chi connectivity index (χ1v) is 13.5. The van der Waals surface area contributed by atoms with Crippen LogP contribution in [0.1, 0.15) is 47.9 Å². The van der Waals surface area contributed by atoms with Gasteiger partial charge in [-0.3, -0.25) is 4.79 Å². The highest BCUT2D eigenvalue weighted by atomic mass is 16.5. The number of anilines is 1. The van der Waals surface area contributed by atoms with Crippen LogP contribution in [0.25, 0.3) is 17.2 Å². The van der Waals surface area contributed by atoms with E-state index in [9.17, 15) is 4.79 Å². The molecule has 1 saturated heterocycles. The number of nitrogens with zero attached hydrogens (tertiary/aromatic N) is 1. The van der Waals surface area contributed by atoms with E-state index in [0.717, 1.165) is 62.0 Å². The van der Waals surface area contributed by atoms with E-state index in [1.165, 1.54) is 27.8 Å². The lowest BCUT2D eigenvalue weighted by Gasteiger charge is -2.33. The van der Waals surface area contributed by atoms with Gasteiger partial charge in [-0.15, -0.1) is 0 Å². The van der Waals surface area contributed by atoms with Gasteiger partial charge in [-0.2, -0.15) is 0 Å². The average Bonchev–Trinajstić information content (AvgIpc) is 3.12. The Morgan fingerprint density at radius 1 is 0.973 bits per heavy atom. The van der Waals surface area contributed by atoms with Crippen molar-refractivity contribution in [2.45, 2.75) is 57.6 Å². The molecule has 192 valence electrons. The Labute approximate surface area is 221 Å². The van der Waals surface area contributed by atoms with E-state index in [4.69, 9.17) is 4.74 Å². The normalized spacial score (nSPS) is 19.6. The number of rotatable bonds is 6. The number of carbonyl (C=O) groups is 1. The van der Waals surface area contributed by atoms with Gasteiger partial charge in [0, 0.05) is 23.9 Å². The summed E-state index contributed by atoms with van der Waals surface area (Å²) in [5, 5.41) is 3.13. The summed E-state index contributed by atoms with van der Waals surface area (Å²) >= 11 is 0. The second-order valence-electron chi connectivity index (χ2n) is 10.8. The summed E-state index contributed by atoms with van der Waals surface area (Å²) in [4.78, 5) is 15.5. The molecule has 0 bridgehead atoms. The summed E-state index contributed by atoms with van der Waals surface area (Å²) in [5.74, 6) is -0.00854. The Balaban J connectivity index is 1.25. The maximum Gasteiger partial charge on any atom is 0.251 e. The van der Waals surface area contributed by atoms with Crippen LogP contribution >= 0.6 is 0 Å². The van der Waals surface area contributed by atoms with Gasteiger partial charge >= 0.3 is 0 Å². The second-order valence-corrected chi connectivity index (χ2v) is 10.8. The predicted molar refractivity (Wildman–Crippen MR) is 153 cm³/mol. The lowest BCUT2D eigenvalue weighted by Crippen LogP contribution is -2.39. The molecule has 0 radical (unpaired) electrons. The molecule has 4 nitrogen and oxygen atoms in total. The quantitative estimate of drug-likeness (QED) is 0.416. The van der Waals surface area contributed by atoms with Crippen molar-refractivity contribution in [3.8, 4) is 11.1 Å². The largest absolute Gasteiger partial charge is 0.378 e. The highest BCUT2D eigenvalue weighted by Gasteiger charge is 2.24. The molecule has 1 aliphatic carbocycles. The van der Waals surface area contributed by atoms with Crippen molar-refractivity contribution in [3.05, 3.63) is 94.6 Å². The van der Waals surface area contributed by atoms with Crippen molar-refractivity contribution < 1.29 is 9.53 Å². The molecule has 2 aliphatic rings. The van der Waals surface area contributed by atoms with Crippen molar-refractivity contribution >= 4 is 17.7 Å². The van der Waals surface area contributed by atoms with E-state index >= 15 is 0 Å². The van der Waals surface area contributed by atoms with Gasteiger partial charge in [0.25, 0.3) is 5.91 Å². The lowest BCUT2D eigenvalue weighted by molar-refractivity contribution is -0.112. The Bertz CT molecular complexity index is 1260. The molecule has 2 atom stereocenters. The molecule has 1 N–H and O–H groups in total. The zero-order valence-electron chi connectivity index (χ0n) is 22.3. The summed E-state index contributed by atoms with van der Waals surface area (Å²) < 4.78 is 6.01. The van der Waals surface area contributed by atoms with Gasteiger partial charge < -0.3 is 15.0 Å². The van der Waals surface area contributed by atoms with Gasteiger partial charge in [0.2, 0.25) is 0 Å². The molecule has 1 aliphatic heterocycles. The Morgan fingerprint density at radius 3 is 2.49 bits per heavy atom. The van der Waals surface area contributed by atoms with Gasteiger partial charge in [-0.25, -0.2) is 0 Å². The topological polar surface area (TPSA) is 41.6 Å². The molecule has 2 unspecified atom stereocenters. The van der Waals surface area contributed by atoms with Crippen LogP contribution in [-0.4, -0.2) is 43.7 Å². The fourth-order valence-electron chi connectivity index (χ4n) is 5.46. The SMILES string of the molecule is Cc1ccc(-c2ccc3c(c2)C=C(C(=O)Nc2ccc(CC4CC(N(C)C)CCO4)cc2)CCC3)cc1. The summed E-state index contributed by atoms with van der Waals surface area (Å²) in [6, 6.07) is 24.1. The number of hydrogen-bond donors (Lipinski definition) is 1. The van der Waals surface area contributed by atoms with Crippen LogP contribution in [0, 0.1) is 6.92 Å². The molecule has 0 aromatic heterocycles. The van der Waals surface area contributed by atoms with Gasteiger partial charge in [0.15, 0.2) is 0 Å². The minimum Gasteiger partial charge on any atom is -0.378 e. The number of nitrogens with one attached hydrogen (secondary N) is 1. The molecule has 37 heavy (non-hydrogen) atoms. The minimum atomic E-state index is -0.00854. The summed E-state index contributed by atoms with van der Waals surface area (Å²) in [6.45, 7) is 2.93. The third-order valence-electron chi connectivity index (χ3n) is 7.79. The highest BCUT2D eigenvalue weighted by Crippen LogP contribution is 2.29. The minimum absolute atomic E-state index is 0.00854. The van der Waals surface area contributed by atoms with Crippen LogP contribution in [0.2, 0.25) is 0 Å². The predicted octanol–water partition coefficient (Wildman–Crippen LogP) is 6.67. The van der Waals surface area contributed by atoms with Crippen molar-refractivity contribution in [1.29, 1.82) is 0 Å². The van der Waals surface area contributed by atoms with Gasteiger partial charge in [-0.1, -0.05) is 54.1 Å². The van der Waals surface area contributed by atoms with E-state index in [0.29, 0.717) is 6.04 Å². The fourth-order valence-corrected chi connectivity index (χ4v) is 5.46. The third-order valence-corrected chi connectivity index (χ3v) is 7.79. The Kier molecular flexibility index (Phi) is 7.87. The Hall–Kier alpha value is -3.21. The van der Waals surface area contributed by atoms with E-state index in [-0.39, 0.29) is 12.0 Å². The molecule has 3 aromatic rings. The molecular formula is C33H38N2O2. The summed E-state index contributed by atoms with van der Waals surface area (Å²) in [6.07, 6.45) is 8.16. The van der Waals surface area contributed by atoms with Crippen LogP contribution in [0.3, 0.4) is 0 Å². The standard InChI is InChI=1S/C33H38N2O2/c1-23-7-11-26(12-8-23)27-14-13-25-5-4-6-28(21-29(25)20-27)33(36)34-30-15-9-24(10-16-30)19-32-22-31(35(2)3)17-18-37-32/h7-16,20-21,31-32H,4-6,17-19,22H2,1-3H3,(H,34,36). The number of hydrogen-bond acceptors (Lipinski definition) is 3. The van der Waals surface area contributed by atoms with Gasteiger partial charge in [0.05, 0.1) is 6.10 Å². The Morgan fingerprint density at radius 2 is 1.73 bits per heavy atom. The molecule has 4 heteroatoms. The number of aryl methyl sites for hydroxylation is 2. The van der Waals surface area contributed by atoms with Crippen LogP contribution < -0.4 is 5.32 Å². The van der Waals surface area contributed by atoms with Crippen LogP contribution in [0.4, 0.5) is 5.69 Å². The first-order chi connectivity index (χ1) is 17.9. The molecule has 5 rings (SSSR count). The molecule has 0 spiro atoms. The molecule has 0 saturated carbocycles. The fraction of sp³-hybridized carbons (Fsp3) is 0.364. The van der Waals surface area contributed by atoms with E-state index < -0.39 is 0 Å². The van der Waals surface area contributed by atoms with Crippen LogP contribution in [-0.2, 0) is 22.4 Å². The number of amides is 1. The van der Waals surface area contributed by atoms with Crippen LogP contribution in [0.15, 0.2) is 72.3 Å². The summed E-state index contributed by atoms with van der Waals surface area (Å²) in [5.41, 5.74) is 9.03. The number of benzene rings is 3. The van der Waals surface area contributed by atoms with Crippen LogP contribution in [0.5, 0.6) is 0 Å². The number of carbonyl (C=O) groups excluding carboxylic acids is 1. The van der Waals surface area contributed by atoms with Crippen molar-refractivity contribution in [3.63, 3.8) is 0 Å². The molecule has 3 aromatic carbocycles. The van der Waals surface area contributed by atoms with E-state index in [2.05, 4.69) is 91.9 Å². The maximum absolute atomic E-state index is 13.2. The average molecular weight is 495 g/mol. The smallest absolute Gasteiger partial charge is 0.251 e.